The molecule has 33 heavy (non-hydrogen) atoms. The normalized spacial score (nSPS) is 12.8. The molecule has 1 heterocycles. The maximum atomic E-state index is 13.8. The number of nitrogens with one attached hydrogen (secondary N) is 2. The number of pyridine rings is 1. The molecule has 170 valence electrons. The summed E-state index contributed by atoms with van der Waals surface area (Å²) in [4.78, 5) is 29.0. The molecule has 1 aliphatic carbocycles. The van der Waals surface area contributed by atoms with Gasteiger partial charge in [0.05, 0.1) is 22.0 Å². The van der Waals surface area contributed by atoms with Crippen molar-refractivity contribution in [1.82, 2.24) is 4.98 Å². The number of amides is 2. The van der Waals surface area contributed by atoms with E-state index >= 15 is 0 Å². The molecule has 1 aromatic heterocycles. The van der Waals surface area contributed by atoms with Crippen LogP contribution in [0, 0.1) is 5.82 Å². The molecule has 4 rings (SSSR count). The Bertz CT molecular complexity index is 1310. The SMILES string of the molecule is O=C(CCS(=O)(=O)c1ccc2c(c1)CCC2)Nc1cc(F)ccc1NC(=O)c1ccccn1. The molecule has 2 amide bonds. The van der Waals surface area contributed by atoms with E-state index in [2.05, 4.69) is 15.6 Å². The standard InChI is InChI=1S/C24H22FN3O4S/c25-18-8-10-20(28-24(30)21-6-1-2-12-26-21)22(15-18)27-23(29)11-13-33(31,32)19-9-7-16-4-3-5-17(16)14-19/h1-2,6-10,12,14-15H,3-5,11,13H2,(H,27,29)(H,28,30). The van der Waals surface area contributed by atoms with Crippen molar-refractivity contribution in [3.05, 3.63) is 83.4 Å². The number of sulfone groups is 1. The van der Waals surface area contributed by atoms with Crippen LogP contribution in [0.25, 0.3) is 0 Å². The first-order chi connectivity index (χ1) is 15.8. The van der Waals surface area contributed by atoms with Crippen LogP contribution in [0.3, 0.4) is 0 Å². The molecule has 2 N–H and O–H groups in total. The maximum Gasteiger partial charge on any atom is 0.274 e. The summed E-state index contributed by atoms with van der Waals surface area (Å²) in [6.45, 7) is 0. The van der Waals surface area contributed by atoms with E-state index in [1.807, 2.05) is 6.07 Å². The van der Waals surface area contributed by atoms with Gasteiger partial charge in [-0.25, -0.2) is 12.8 Å². The molecule has 2 aromatic carbocycles. The van der Waals surface area contributed by atoms with Gasteiger partial charge >= 0.3 is 0 Å². The van der Waals surface area contributed by atoms with Crippen LogP contribution in [0.15, 0.2) is 65.7 Å². The van der Waals surface area contributed by atoms with Crippen LogP contribution in [0.4, 0.5) is 15.8 Å². The molecule has 0 saturated carbocycles. The molecule has 1 aliphatic rings. The molecule has 0 fully saturated rings. The number of hydrogen-bond acceptors (Lipinski definition) is 5. The summed E-state index contributed by atoms with van der Waals surface area (Å²) < 4.78 is 39.2. The predicted octanol–water partition coefficient (Wildman–Crippen LogP) is 3.76. The van der Waals surface area contributed by atoms with Crippen molar-refractivity contribution < 1.29 is 22.4 Å². The van der Waals surface area contributed by atoms with Gasteiger partial charge in [-0.05, 0) is 72.9 Å². The molecule has 0 unspecified atom stereocenters. The second-order valence-corrected chi connectivity index (χ2v) is 9.87. The van der Waals surface area contributed by atoms with E-state index < -0.39 is 27.5 Å². The number of rotatable bonds is 7. The summed E-state index contributed by atoms with van der Waals surface area (Å²) in [6, 6.07) is 13.4. The first-order valence-corrected chi connectivity index (χ1v) is 12.1. The first-order valence-electron chi connectivity index (χ1n) is 10.5. The van der Waals surface area contributed by atoms with Crippen molar-refractivity contribution >= 4 is 33.0 Å². The third-order valence-electron chi connectivity index (χ3n) is 5.43. The highest BCUT2D eigenvalue weighted by Crippen LogP contribution is 2.26. The zero-order chi connectivity index (χ0) is 23.4. The number of benzene rings is 2. The molecule has 0 atom stereocenters. The fourth-order valence-corrected chi connectivity index (χ4v) is 5.00. The van der Waals surface area contributed by atoms with Crippen molar-refractivity contribution in [2.24, 2.45) is 0 Å². The van der Waals surface area contributed by atoms with Crippen LogP contribution in [-0.2, 0) is 27.5 Å². The van der Waals surface area contributed by atoms with Crippen LogP contribution in [0.5, 0.6) is 0 Å². The summed E-state index contributed by atoms with van der Waals surface area (Å²) in [5.74, 6) is -2.15. The van der Waals surface area contributed by atoms with Gasteiger partial charge in [-0.15, -0.1) is 0 Å². The van der Waals surface area contributed by atoms with Crippen LogP contribution in [0.2, 0.25) is 0 Å². The number of nitrogens with zero attached hydrogens (tertiary/aromatic N) is 1. The van der Waals surface area contributed by atoms with Crippen molar-refractivity contribution in [3.8, 4) is 0 Å². The predicted molar refractivity (Wildman–Crippen MR) is 122 cm³/mol. The Kier molecular flexibility index (Phi) is 6.50. The minimum absolute atomic E-state index is 0.0270. The molecule has 0 bridgehead atoms. The molecular formula is C24H22FN3O4S. The van der Waals surface area contributed by atoms with E-state index in [4.69, 9.17) is 0 Å². The number of carbonyl (C=O) groups is 2. The summed E-state index contributed by atoms with van der Waals surface area (Å²) in [5.41, 5.74) is 2.55. The van der Waals surface area contributed by atoms with Gasteiger partial charge in [0.15, 0.2) is 9.84 Å². The van der Waals surface area contributed by atoms with Crippen molar-refractivity contribution in [1.29, 1.82) is 0 Å². The van der Waals surface area contributed by atoms with Gasteiger partial charge in [-0.2, -0.15) is 0 Å². The Balaban J connectivity index is 1.43. The summed E-state index contributed by atoms with van der Waals surface area (Å²) >= 11 is 0. The minimum Gasteiger partial charge on any atom is -0.324 e. The Labute approximate surface area is 191 Å². The van der Waals surface area contributed by atoms with E-state index in [9.17, 15) is 22.4 Å². The van der Waals surface area contributed by atoms with Gasteiger partial charge in [-0.3, -0.25) is 14.6 Å². The molecule has 0 spiro atoms. The highest BCUT2D eigenvalue weighted by molar-refractivity contribution is 7.91. The third kappa shape index (κ3) is 5.43. The van der Waals surface area contributed by atoms with Gasteiger partial charge < -0.3 is 10.6 Å². The molecule has 0 aliphatic heterocycles. The van der Waals surface area contributed by atoms with Crippen LogP contribution >= 0.6 is 0 Å². The molecular weight excluding hydrogens is 445 g/mol. The summed E-state index contributed by atoms with van der Waals surface area (Å²) in [5, 5.41) is 5.08. The van der Waals surface area contributed by atoms with Crippen LogP contribution in [0.1, 0.15) is 34.5 Å². The van der Waals surface area contributed by atoms with E-state index in [-0.39, 0.29) is 34.1 Å². The van der Waals surface area contributed by atoms with Gasteiger partial charge in [0.1, 0.15) is 11.5 Å². The molecule has 0 saturated heterocycles. The molecule has 3 aromatic rings. The van der Waals surface area contributed by atoms with Gasteiger partial charge in [0, 0.05) is 12.6 Å². The summed E-state index contributed by atoms with van der Waals surface area (Å²) in [7, 11) is -3.66. The average molecular weight is 468 g/mol. The monoisotopic (exact) mass is 467 g/mol. The van der Waals surface area contributed by atoms with Crippen molar-refractivity contribution in [2.45, 2.75) is 30.6 Å². The summed E-state index contributed by atoms with van der Waals surface area (Å²) in [6.07, 6.45) is 3.96. The van der Waals surface area contributed by atoms with Crippen molar-refractivity contribution in [2.75, 3.05) is 16.4 Å². The molecule has 9 heteroatoms. The largest absolute Gasteiger partial charge is 0.324 e. The number of halogens is 1. The highest BCUT2D eigenvalue weighted by atomic mass is 32.2. The Hall–Kier alpha value is -3.59. The quantitative estimate of drug-likeness (QED) is 0.550. The molecule has 7 nitrogen and oxygen atoms in total. The van der Waals surface area contributed by atoms with Crippen LogP contribution < -0.4 is 10.6 Å². The Morgan fingerprint density at radius 2 is 1.76 bits per heavy atom. The average Bonchev–Trinajstić information content (AvgIpc) is 3.28. The second kappa shape index (κ2) is 9.50. The number of aryl methyl sites for hydroxylation is 2. The van der Waals surface area contributed by atoms with E-state index in [0.29, 0.717) is 0 Å². The topological polar surface area (TPSA) is 105 Å². The van der Waals surface area contributed by atoms with E-state index in [1.165, 1.54) is 18.3 Å². The van der Waals surface area contributed by atoms with Gasteiger partial charge in [0.25, 0.3) is 5.91 Å². The lowest BCUT2D eigenvalue weighted by atomic mass is 10.1. The van der Waals surface area contributed by atoms with Gasteiger partial charge in [0.2, 0.25) is 5.91 Å². The lowest BCUT2D eigenvalue weighted by Gasteiger charge is -2.13. The smallest absolute Gasteiger partial charge is 0.274 e. The number of aromatic nitrogens is 1. The lowest BCUT2D eigenvalue weighted by Crippen LogP contribution is -2.20. The Morgan fingerprint density at radius 1 is 0.939 bits per heavy atom. The van der Waals surface area contributed by atoms with E-state index in [1.54, 1.807) is 24.3 Å². The minimum atomic E-state index is -3.66. The molecule has 0 radical (unpaired) electrons. The van der Waals surface area contributed by atoms with Crippen molar-refractivity contribution in [3.63, 3.8) is 0 Å². The lowest BCUT2D eigenvalue weighted by molar-refractivity contribution is -0.115. The van der Waals surface area contributed by atoms with Crippen LogP contribution in [-0.4, -0.2) is 31.0 Å². The fourth-order valence-electron chi connectivity index (χ4n) is 3.71. The maximum absolute atomic E-state index is 13.8. The zero-order valence-electron chi connectivity index (χ0n) is 17.7. The highest BCUT2D eigenvalue weighted by Gasteiger charge is 2.20. The third-order valence-corrected chi connectivity index (χ3v) is 7.14. The van der Waals surface area contributed by atoms with E-state index in [0.717, 1.165) is 42.5 Å². The fraction of sp³-hybridized carbons (Fsp3) is 0.208. The second-order valence-electron chi connectivity index (χ2n) is 7.76. The number of carbonyl (C=O) groups excluding carboxylic acids is 2. The zero-order valence-corrected chi connectivity index (χ0v) is 18.5. The number of anilines is 2. The first kappa shape index (κ1) is 22.6. The Morgan fingerprint density at radius 3 is 2.55 bits per heavy atom. The number of fused-ring (bicyclic) bond motifs is 1. The number of hydrogen-bond donors (Lipinski definition) is 2. The van der Waals surface area contributed by atoms with Gasteiger partial charge in [-0.1, -0.05) is 12.1 Å².